The van der Waals surface area contributed by atoms with Crippen LogP contribution in [0.5, 0.6) is 0 Å². The van der Waals surface area contributed by atoms with E-state index >= 15 is 0 Å². The topological polar surface area (TPSA) is 34.4 Å². The molecule has 1 amide bonds. The predicted molar refractivity (Wildman–Crippen MR) is 98.0 cm³/mol. The summed E-state index contributed by atoms with van der Waals surface area (Å²) in [6.07, 6.45) is 3.90. The van der Waals surface area contributed by atoms with Gasteiger partial charge in [0.1, 0.15) is 0 Å². The van der Waals surface area contributed by atoms with Crippen LogP contribution in [0.25, 0.3) is 10.2 Å². The van der Waals surface area contributed by atoms with Crippen molar-refractivity contribution in [1.82, 2.24) is 4.57 Å². The molecular formula is C18H20N2OS2. The van der Waals surface area contributed by atoms with Gasteiger partial charge in [0.25, 0.3) is 5.91 Å². The number of benzene rings is 1. The lowest BCUT2D eigenvalue weighted by Gasteiger charge is -2.00. The van der Waals surface area contributed by atoms with Crippen LogP contribution in [0, 0.1) is 0 Å². The molecule has 0 bridgehead atoms. The molecule has 120 valence electrons. The molecule has 3 rings (SSSR count). The van der Waals surface area contributed by atoms with E-state index in [0.29, 0.717) is 6.42 Å². The minimum Gasteiger partial charge on any atom is -0.319 e. The molecule has 3 aromatic rings. The quantitative estimate of drug-likeness (QED) is 0.679. The Hall–Kier alpha value is -1.72. The van der Waals surface area contributed by atoms with Crippen LogP contribution in [0.3, 0.4) is 0 Å². The maximum Gasteiger partial charge on any atom is 0.253 e. The number of thiazole rings is 1. The third-order valence-electron chi connectivity index (χ3n) is 3.82. The van der Waals surface area contributed by atoms with Crippen molar-refractivity contribution in [2.45, 2.75) is 32.6 Å². The van der Waals surface area contributed by atoms with Crippen LogP contribution in [-0.2, 0) is 24.7 Å². The highest BCUT2D eigenvalue weighted by molar-refractivity contribution is 7.16. The molecule has 0 aliphatic rings. The molecule has 23 heavy (non-hydrogen) atoms. The minimum atomic E-state index is -0.0826. The second-order valence-electron chi connectivity index (χ2n) is 5.61. The van der Waals surface area contributed by atoms with Crippen LogP contribution in [0.4, 0.5) is 0 Å². The summed E-state index contributed by atoms with van der Waals surface area (Å²) < 4.78 is 3.21. The van der Waals surface area contributed by atoms with E-state index < -0.39 is 0 Å². The molecule has 2 aromatic heterocycles. The largest absolute Gasteiger partial charge is 0.319 e. The summed E-state index contributed by atoms with van der Waals surface area (Å²) in [6.45, 7) is 2.21. The van der Waals surface area contributed by atoms with Crippen LogP contribution in [0.1, 0.15) is 30.2 Å². The molecule has 0 N–H and O–H groups in total. The first-order valence-electron chi connectivity index (χ1n) is 7.85. The third kappa shape index (κ3) is 3.79. The fourth-order valence-corrected chi connectivity index (χ4v) is 4.33. The van der Waals surface area contributed by atoms with E-state index in [4.69, 9.17) is 0 Å². The van der Waals surface area contributed by atoms with Crippen molar-refractivity contribution in [3.63, 3.8) is 0 Å². The van der Waals surface area contributed by atoms with Gasteiger partial charge in [0.2, 0.25) is 0 Å². The lowest BCUT2D eigenvalue weighted by atomic mass is 10.1. The number of aryl methyl sites for hydroxylation is 2. The van der Waals surface area contributed by atoms with Crippen molar-refractivity contribution < 1.29 is 4.79 Å². The van der Waals surface area contributed by atoms with Crippen molar-refractivity contribution in [2.24, 2.45) is 12.0 Å². The summed E-state index contributed by atoms with van der Waals surface area (Å²) in [7, 11) is 1.97. The Morgan fingerprint density at radius 1 is 1.30 bits per heavy atom. The number of thiophene rings is 1. The van der Waals surface area contributed by atoms with Gasteiger partial charge >= 0.3 is 0 Å². The average Bonchev–Trinajstić information content (AvgIpc) is 3.14. The smallest absolute Gasteiger partial charge is 0.253 e. The maximum atomic E-state index is 12.2. The molecular weight excluding hydrogens is 324 g/mol. The van der Waals surface area contributed by atoms with Crippen LogP contribution in [0.2, 0.25) is 0 Å². The van der Waals surface area contributed by atoms with Gasteiger partial charge in [-0.2, -0.15) is 4.99 Å². The van der Waals surface area contributed by atoms with Gasteiger partial charge in [-0.15, -0.1) is 11.3 Å². The number of unbranched alkanes of at least 4 members (excludes halogenated alkanes) is 1. The van der Waals surface area contributed by atoms with Crippen LogP contribution in [-0.4, -0.2) is 10.5 Å². The molecule has 0 aliphatic heterocycles. The van der Waals surface area contributed by atoms with Crippen LogP contribution >= 0.6 is 22.7 Å². The molecule has 1 aromatic carbocycles. The molecule has 2 heterocycles. The number of carbonyl (C=O) groups is 1. The molecule has 0 saturated heterocycles. The van der Waals surface area contributed by atoms with E-state index in [2.05, 4.69) is 30.1 Å². The summed E-state index contributed by atoms with van der Waals surface area (Å²) in [4.78, 5) is 18.3. The van der Waals surface area contributed by atoms with Crippen molar-refractivity contribution in [1.29, 1.82) is 0 Å². The van der Waals surface area contributed by atoms with E-state index in [-0.39, 0.29) is 5.91 Å². The number of aromatic nitrogens is 1. The van der Waals surface area contributed by atoms with E-state index in [1.807, 2.05) is 29.1 Å². The molecule has 0 fully saturated rings. The Morgan fingerprint density at radius 3 is 2.91 bits per heavy atom. The van der Waals surface area contributed by atoms with Crippen molar-refractivity contribution in [3.05, 3.63) is 51.0 Å². The highest BCUT2D eigenvalue weighted by Gasteiger charge is 2.07. The second kappa shape index (κ2) is 7.23. The molecule has 0 aliphatic carbocycles. The number of carbonyl (C=O) groups excluding carboxylic acids is 1. The molecule has 0 unspecified atom stereocenters. The zero-order valence-corrected chi connectivity index (χ0v) is 15.0. The Labute approximate surface area is 143 Å². The fraction of sp³-hybridized carbons (Fsp3) is 0.333. The lowest BCUT2D eigenvalue weighted by molar-refractivity contribution is -0.117. The van der Waals surface area contributed by atoms with Gasteiger partial charge in [0.15, 0.2) is 4.80 Å². The molecule has 0 atom stereocenters. The summed E-state index contributed by atoms with van der Waals surface area (Å²) in [5, 5.41) is 1.99. The summed E-state index contributed by atoms with van der Waals surface area (Å²) in [5.74, 6) is -0.0826. The van der Waals surface area contributed by atoms with Crippen molar-refractivity contribution in [3.8, 4) is 0 Å². The molecule has 3 nitrogen and oxygen atoms in total. The first kappa shape index (κ1) is 16.1. The van der Waals surface area contributed by atoms with Gasteiger partial charge in [0.05, 0.1) is 16.6 Å². The zero-order chi connectivity index (χ0) is 16.2. The Balaban J connectivity index is 1.89. The standard InChI is InChI=1S/C18H20N2OS2/c1-3-4-6-13-8-9-15-16(11-13)23-18(20(15)2)19-17(21)12-14-7-5-10-22-14/h5,7-11H,3-4,6,12H2,1-2H3. The fourth-order valence-electron chi connectivity index (χ4n) is 2.53. The molecule has 0 saturated carbocycles. The molecule has 0 spiro atoms. The summed E-state index contributed by atoms with van der Waals surface area (Å²) >= 11 is 3.19. The SMILES string of the molecule is CCCCc1ccc2c(c1)sc(=NC(=O)Cc1cccs1)n2C. The normalized spacial score (nSPS) is 12.2. The Morgan fingerprint density at radius 2 is 2.17 bits per heavy atom. The van der Waals surface area contributed by atoms with E-state index in [0.717, 1.165) is 21.6 Å². The van der Waals surface area contributed by atoms with Crippen LogP contribution < -0.4 is 4.80 Å². The first-order chi connectivity index (χ1) is 11.2. The predicted octanol–water partition coefficient (Wildman–Crippen LogP) is 4.31. The number of hydrogen-bond donors (Lipinski definition) is 0. The Bertz CT molecular complexity index is 872. The molecule has 0 radical (unpaired) electrons. The van der Waals surface area contributed by atoms with E-state index in [9.17, 15) is 4.79 Å². The summed E-state index contributed by atoms with van der Waals surface area (Å²) in [6, 6.07) is 10.5. The maximum absolute atomic E-state index is 12.2. The number of rotatable bonds is 5. The number of fused-ring (bicyclic) bond motifs is 1. The van der Waals surface area contributed by atoms with Crippen LogP contribution in [0.15, 0.2) is 40.7 Å². The summed E-state index contributed by atoms with van der Waals surface area (Å²) in [5.41, 5.74) is 2.50. The Kier molecular flexibility index (Phi) is 5.08. The minimum absolute atomic E-state index is 0.0826. The van der Waals surface area contributed by atoms with Gasteiger partial charge in [-0.1, -0.05) is 36.8 Å². The van der Waals surface area contributed by atoms with Crippen molar-refractivity contribution in [2.75, 3.05) is 0 Å². The second-order valence-corrected chi connectivity index (χ2v) is 7.65. The highest BCUT2D eigenvalue weighted by Crippen LogP contribution is 2.19. The van der Waals surface area contributed by atoms with Gasteiger partial charge in [0, 0.05) is 11.9 Å². The van der Waals surface area contributed by atoms with Gasteiger partial charge in [-0.05, 0) is 42.0 Å². The van der Waals surface area contributed by atoms with Gasteiger partial charge < -0.3 is 4.57 Å². The monoisotopic (exact) mass is 344 g/mol. The number of amides is 1. The number of hydrogen-bond acceptors (Lipinski definition) is 3. The third-order valence-corrected chi connectivity index (χ3v) is 5.79. The number of nitrogens with zero attached hydrogens (tertiary/aromatic N) is 2. The van der Waals surface area contributed by atoms with Gasteiger partial charge in [-0.3, -0.25) is 4.79 Å². The lowest BCUT2D eigenvalue weighted by Crippen LogP contribution is -2.13. The van der Waals surface area contributed by atoms with Gasteiger partial charge in [-0.25, -0.2) is 0 Å². The molecule has 5 heteroatoms. The van der Waals surface area contributed by atoms with E-state index in [1.165, 1.54) is 23.1 Å². The highest BCUT2D eigenvalue weighted by atomic mass is 32.1. The average molecular weight is 345 g/mol. The van der Waals surface area contributed by atoms with E-state index in [1.54, 1.807) is 22.7 Å². The first-order valence-corrected chi connectivity index (χ1v) is 9.55. The van der Waals surface area contributed by atoms with Crippen molar-refractivity contribution >= 4 is 38.8 Å². The zero-order valence-electron chi connectivity index (χ0n) is 13.4.